The Morgan fingerprint density at radius 1 is 1.23 bits per heavy atom. The molecule has 1 amide bonds. The highest BCUT2D eigenvalue weighted by atomic mass is 16.1. The quantitative estimate of drug-likeness (QED) is 0.382. The fraction of sp³-hybridized carbons (Fsp3) is 0.433. The summed E-state index contributed by atoms with van der Waals surface area (Å²) in [5, 5.41) is 25.5. The van der Waals surface area contributed by atoms with E-state index in [0.29, 0.717) is 29.6 Å². The standard InChI is InChI=1S/C30H34N8O/c1-21-6-4-12-37(18-21)19-23-14-26(35-38-13-5-9-27(23)38)28(39)33-25-8-3-7-24(15-25)30(16-22(17-30)10-11-31)29-34-32-20-36(29)2/h3,5,7-9,13-15,20-22H,4,6,10,12,16-19H2,1-2H3,(H,33,39)/t21-,22?,30?/m0/s1. The average Bonchev–Trinajstić information content (AvgIpc) is 3.55. The van der Waals surface area contributed by atoms with E-state index >= 15 is 0 Å². The second-order valence-electron chi connectivity index (χ2n) is 11.4. The zero-order valence-corrected chi connectivity index (χ0v) is 22.5. The average molecular weight is 523 g/mol. The van der Waals surface area contributed by atoms with Gasteiger partial charge in [0.05, 0.1) is 17.0 Å². The molecule has 6 rings (SSSR count). The normalized spacial score (nSPS) is 23.3. The van der Waals surface area contributed by atoms with Crippen LogP contribution in [0.1, 0.15) is 66.5 Å². The monoisotopic (exact) mass is 522 g/mol. The van der Waals surface area contributed by atoms with Gasteiger partial charge < -0.3 is 9.88 Å². The van der Waals surface area contributed by atoms with Gasteiger partial charge in [-0.3, -0.25) is 9.69 Å². The Labute approximate surface area is 228 Å². The lowest BCUT2D eigenvalue weighted by atomic mass is 9.57. The maximum absolute atomic E-state index is 13.5. The molecular weight excluding hydrogens is 488 g/mol. The lowest BCUT2D eigenvalue weighted by Crippen LogP contribution is -2.44. The maximum atomic E-state index is 13.5. The van der Waals surface area contributed by atoms with Gasteiger partial charge in [-0.2, -0.15) is 10.4 Å². The zero-order valence-electron chi connectivity index (χ0n) is 22.5. The molecule has 2 fully saturated rings. The van der Waals surface area contributed by atoms with Crippen molar-refractivity contribution in [1.29, 1.82) is 5.26 Å². The number of nitriles is 1. The molecule has 1 aliphatic carbocycles. The van der Waals surface area contributed by atoms with Gasteiger partial charge in [-0.25, -0.2) is 4.52 Å². The summed E-state index contributed by atoms with van der Waals surface area (Å²) in [6, 6.07) is 16.2. The molecule has 0 radical (unpaired) electrons. The first kappa shape index (κ1) is 25.3. The first-order valence-electron chi connectivity index (χ1n) is 13.8. The largest absolute Gasteiger partial charge is 0.321 e. The van der Waals surface area contributed by atoms with Gasteiger partial charge in [0.25, 0.3) is 5.91 Å². The van der Waals surface area contributed by atoms with E-state index in [4.69, 9.17) is 0 Å². The van der Waals surface area contributed by atoms with Crippen LogP contribution >= 0.6 is 0 Å². The molecule has 1 aromatic carbocycles. The van der Waals surface area contributed by atoms with Crippen molar-refractivity contribution in [3.8, 4) is 6.07 Å². The summed E-state index contributed by atoms with van der Waals surface area (Å²) < 4.78 is 3.76. The highest BCUT2D eigenvalue weighted by Crippen LogP contribution is 2.53. The van der Waals surface area contributed by atoms with Crippen molar-refractivity contribution >= 4 is 17.1 Å². The summed E-state index contributed by atoms with van der Waals surface area (Å²) in [6.45, 7) is 5.27. The first-order valence-corrected chi connectivity index (χ1v) is 13.8. The predicted octanol–water partition coefficient (Wildman–Crippen LogP) is 4.56. The van der Waals surface area contributed by atoms with Gasteiger partial charge in [0, 0.05) is 38.4 Å². The van der Waals surface area contributed by atoms with E-state index in [1.807, 2.05) is 48.1 Å². The molecule has 9 nitrogen and oxygen atoms in total. The third-order valence-electron chi connectivity index (χ3n) is 8.42. The summed E-state index contributed by atoms with van der Waals surface area (Å²) >= 11 is 0. The van der Waals surface area contributed by atoms with Crippen molar-refractivity contribution in [1.82, 2.24) is 29.3 Å². The number of carbonyl (C=O) groups excluding carboxylic acids is 1. The van der Waals surface area contributed by atoms with Gasteiger partial charge >= 0.3 is 0 Å². The lowest BCUT2D eigenvalue weighted by molar-refractivity contribution is 0.102. The molecule has 200 valence electrons. The van der Waals surface area contributed by atoms with E-state index in [1.165, 1.54) is 12.8 Å². The summed E-state index contributed by atoms with van der Waals surface area (Å²) in [6.07, 6.45) is 8.28. The number of aryl methyl sites for hydroxylation is 1. The SMILES string of the molecule is C[C@H]1CCCN(Cc2cc(C(=O)Nc3cccc(C4(c5nncn5C)CC(CC#N)C4)c3)nn3cccc23)C1. The minimum atomic E-state index is -0.325. The second-order valence-corrected chi connectivity index (χ2v) is 11.4. The van der Waals surface area contributed by atoms with Crippen LogP contribution in [0.2, 0.25) is 0 Å². The van der Waals surface area contributed by atoms with Crippen LogP contribution in [0.4, 0.5) is 5.69 Å². The van der Waals surface area contributed by atoms with E-state index in [-0.39, 0.29) is 11.3 Å². The van der Waals surface area contributed by atoms with E-state index in [9.17, 15) is 10.1 Å². The number of hydrogen-bond donors (Lipinski definition) is 1. The van der Waals surface area contributed by atoms with E-state index < -0.39 is 0 Å². The number of likely N-dealkylation sites (tertiary alicyclic amines) is 1. The Morgan fingerprint density at radius 3 is 2.87 bits per heavy atom. The Balaban J connectivity index is 1.26. The van der Waals surface area contributed by atoms with Crippen molar-refractivity contribution in [2.24, 2.45) is 18.9 Å². The topological polar surface area (TPSA) is 104 Å². The van der Waals surface area contributed by atoms with Crippen LogP contribution in [0.25, 0.3) is 5.52 Å². The zero-order chi connectivity index (χ0) is 27.0. The molecule has 0 bridgehead atoms. The van der Waals surface area contributed by atoms with Crippen LogP contribution < -0.4 is 5.32 Å². The Hall–Kier alpha value is -4.03. The fourth-order valence-corrected chi connectivity index (χ4v) is 6.56. The van der Waals surface area contributed by atoms with Crippen LogP contribution in [0.15, 0.2) is 55.0 Å². The van der Waals surface area contributed by atoms with Crippen LogP contribution in [-0.2, 0) is 19.0 Å². The minimum Gasteiger partial charge on any atom is -0.321 e. The molecular formula is C30H34N8O. The highest BCUT2D eigenvalue weighted by Gasteiger charge is 2.49. The van der Waals surface area contributed by atoms with Crippen LogP contribution in [0.3, 0.4) is 0 Å². The molecule has 9 heteroatoms. The number of hydrogen-bond acceptors (Lipinski definition) is 6. The van der Waals surface area contributed by atoms with Crippen molar-refractivity contribution in [3.63, 3.8) is 0 Å². The maximum Gasteiger partial charge on any atom is 0.276 e. The number of aromatic nitrogens is 5. The van der Waals surface area contributed by atoms with Gasteiger partial charge in [0.2, 0.25) is 0 Å². The molecule has 2 aliphatic rings. The predicted molar refractivity (Wildman–Crippen MR) is 148 cm³/mol. The lowest BCUT2D eigenvalue weighted by Gasteiger charge is -2.46. The summed E-state index contributed by atoms with van der Waals surface area (Å²) in [5.41, 5.74) is 4.00. The molecule has 4 heterocycles. The number of nitrogens with zero attached hydrogens (tertiary/aromatic N) is 7. The van der Waals surface area contributed by atoms with Crippen LogP contribution in [-0.4, -0.2) is 48.3 Å². The smallest absolute Gasteiger partial charge is 0.276 e. The molecule has 0 spiro atoms. The number of piperidine rings is 1. The Bertz CT molecular complexity index is 1540. The Kier molecular flexibility index (Phi) is 6.65. The number of carbonyl (C=O) groups is 1. The van der Waals surface area contributed by atoms with Crippen molar-refractivity contribution in [3.05, 3.63) is 77.6 Å². The van der Waals surface area contributed by atoms with Crippen molar-refractivity contribution in [2.45, 2.75) is 51.0 Å². The van der Waals surface area contributed by atoms with Gasteiger partial charge in [-0.1, -0.05) is 19.1 Å². The van der Waals surface area contributed by atoms with E-state index in [1.54, 1.807) is 10.8 Å². The Morgan fingerprint density at radius 2 is 2.10 bits per heavy atom. The first-order chi connectivity index (χ1) is 18.9. The van der Waals surface area contributed by atoms with Gasteiger partial charge in [-0.15, -0.1) is 10.2 Å². The third kappa shape index (κ3) is 4.81. The molecule has 1 N–H and O–H groups in total. The summed E-state index contributed by atoms with van der Waals surface area (Å²) in [4.78, 5) is 16.0. The number of rotatable bonds is 7. The summed E-state index contributed by atoms with van der Waals surface area (Å²) in [7, 11) is 1.95. The molecule has 1 saturated carbocycles. The second kappa shape index (κ2) is 10.3. The van der Waals surface area contributed by atoms with E-state index in [2.05, 4.69) is 50.6 Å². The number of amides is 1. The number of nitrogens with one attached hydrogen (secondary N) is 1. The molecule has 4 aromatic rings. The fourth-order valence-electron chi connectivity index (χ4n) is 6.56. The van der Waals surface area contributed by atoms with Crippen LogP contribution in [0, 0.1) is 23.2 Å². The summed E-state index contributed by atoms with van der Waals surface area (Å²) in [5.74, 6) is 1.66. The third-order valence-corrected chi connectivity index (χ3v) is 8.42. The molecule has 1 saturated heterocycles. The van der Waals surface area contributed by atoms with Crippen molar-refractivity contribution < 1.29 is 4.79 Å². The highest BCUT2D eigenvalue weighted by molar-refractivity contribution is 6.03. The molecule has 39 heavy (non-hydrogen) atoms. The molecule has 0 unspecified atom stereocenters. The van der Waals surface area contributed by atoms with Crippen molar-refractivity contribution in [2.75, 3.05) is 18.4 Å². The van der Waals surface area contributed by atoms with Gasteiger partial charge in [-0.05, 0) is 85.5 Å². The number of fused-ring (bicyclic) bond motifs is 1. The minimum absolute atomic E-state index is 0.236. The molecule has 1 aliphatic heterocycles. The van der Waals surface area contributed by atoms with Crippen LogP contribution in [0.5, 0.6) is 0 Å². The van der Waals surface area contributed by atoms with E-state index in [0.717, 1.165) is 54.9 Å². The molecule has 3 aromatic heterocycles. The molecule has 1 atom stereocenters. The van der Waals surface area contributed by atoms with Gasteiger partial charge in [0.15, 0.2) is 0 Å². The van der Waals surface area contributed by atoms with Gasteiger partial charge in [0.1, 0.15) is 17.8 Å². The number of benzene rings is 1. The number of anilines is 1.